The van der Waals surface area contributed by atoms with Gasteiger partial charge in [0, 0.05) is 39.1 Å². The predicted molar refractivity (Wildman–Crippen MR) is 74.8 cm³/mol. The number of aryl methyl sites for hydroxylation is 1. The third kappa shape index (κ3) is 2.85. The van der Waals surface area contributed by atoms with Crippen LogP contribution in [-0.4, -0.2) is 56.7 Å². The van der Waals surface area contributed by atoms with Gasteiger partial charge in [-0.3, -0.25) is 14.4 Å². The standard InChI is InChI=1S/C14H23N5O/c1-17-13(15-11-16-17)10-18-6-3-7-19(9-8-18)14(20)12-4-2-5-12/h11-12H,2-10H2,1H3. The molecule has 0 unspecified atom stereocenters. The fourth-order valence-corrected chi connectivity index (χ4v) is 2.93. The summed E-state index contributed by atoms with van der Waals surface area (Å²) in [5, 5.41) is 4.10. The van der Waals surface area contributed by atoms with Gasteiger partial charge in [0.2, 0.25) is 5.91 Å². The van der Waals surface area contributed by atoms with Crippen LogP contribution in [0.25, 0.3) is 0 Å². The summed E-state index contributed by atoms with van der Waals surface area (Å²) in [6.45, 7) is 4.55. The number of nitrogens with zero attached hydrogens (tertiary/aromatic N) is 5. The van der Waals surface area contributed by atoms with Gasteiger partial charge in [-0.2, -0.15) is 5.10 Å². The van der Waals surface area contributed by atoms with Crippen molar-refractivity contribution in [2.75, 3.05) is 26.2 Å². The molecule has 1 aliphatic carbocycles. The monoisotopic (exact) mass is 277 g/mol. The summed E-state index contributed by atoms with van der Waals surface area (Å²) in [6.07, 6.45) is 6.06. The molecule has 0 atom stereocenters. The lowest BCUT2D eigenvalue weighted by Gasteiger charge is -2.31. The molecule has 2 heterocycles. The first-order valence-corrected chi connectivity index (χ1v) is 7.58. The van der Waals surface area contributed by atoms with E-state index in [0.717, 1.165) is 57.8 Å². The Kier molecular flexibility index (Phi) is 4.00. The van der Waals surface area contributed by atoms with Gasteiger partial charge in [-0.05, 0) is 19.3 Å². The zero-order valence-corrected chi connectivity index (χ0v) is 12.2. The molecule has 1 saturated carbocycles. The third-order valence-electron chi connectivity index (χ3n) is 4.52. The summed E-state index contributed by atoms with van der Waals surface area (Å²) in [6, 6.07) is 0. The van der Waals surface area contributed by atoms with E-state index in [1.807, 2.05) is 11.7 Å². The summed E-state index contributed by atoms with van der Waals surface area (Å²) in [5.41, 5.74) is 0. The van der Waals surface area contributed by atoms with Gasteiger partial charge in [-0.25, -0.2) is 4.98 Å². The maximum Gasteiger partial charge on any atom is 0.225 e. The van der Waals surface area contributed by atoms with Crippen molar-refractivity contribution in [3.8, 4) is 0 Å². The van der Waals surface area contributed by atoms with Crippen molar-refractivity contribution < 1.29 is 4.79 Å². The van der Waals surface area contributed by atoms with Crippen LogP contribution in [-0.2, 0) is 18.4 Å². The highest BCUT2D eigenvalue weighted by molar-refractivity contribution is 5.79. The summed E-state index contributed by atoms with van der Waals surface area (Å²) in [7, 11) is 1.92. The average Bonchev–Trinajstić information content (AvgIpc) is 2.62. The largest absolute Gasteiger partial charge is 0.341 e. The molecule has 2 fully saturated rings. The zero-order valence-electron chi connectivity index (χ0n) is 12.2. The topological polar surface area (TPSA) is 54.3 Å². The third-order valence-corrected chi connectivity index (χ3v) is 4.52. The second-order valence-electron chi connectivity index (χ2n) is 5.88. The molecule has 110 valence electrons. The molecular formula is C14H23N5O. The van der Waals surface area contributed by atoms with Gasteiger partial charge in [-0.1, -0.05) is 6.42 Å². The lowest BCUT2D eigenvalue weighted by molar-refractivity contribution is -0.138. The van der Waals surface area contributed by atoms with Gasteiger partial charge < -0.3 is 4.90 Å². The molecule has 1 aromatic heterocycles. The molecule has 0 spiro atoms. The first-order chi connectivity index (χ1) is 9.74. The summed E-state index contributed by atoms with van der Waals surface area (Å²) in [5.74, 6) is 1.70. The molecule has 2 aliphatic rings. The maximum atomic E-state index is 12.3. The summed E-state index contributed by atoms with van der Waals surface area (Å²) >= 11 is 0. The van der Waals surface area contributed by atoms with Crippen LogP contribution in [0.1, 0.15) is 31.5 Å². The van der Waals surface area contributed by atoms with E-state index in [4.69, 9.17) is 0 Å². The number of carbonyl (C=O) groups is 1. The first-order valence-electron chi connectivity index (χ1n) is 7.58. The minimum Gasteiger partial charge on any atom is -0.341 e. The van der Waals surface area contributed by atoms with Crippen molar-refractivity contribution in [2.45, 2.75) is 32.2 Å². The van der Waals surface area contributed by atoms with Crippen molar-refractivity contribution in [1.29, 1.82) is 0 Å². The fourth-order valence-electron chi connectivity index (χ4n) is 2.93. The molecule has 0 N–H and O–H groups in total. The zero-order chi connectivity index (χ0) is 13.9. The molecule has 1 amide bonds. The second-order valence-corrected chi connectivity index (χ2v) is 5.88. The Morgan fingerprint density at radius 2 is 2.10 bits per heavy atom. The molecule has 6 heteroatoms. The van der Waals surface area contributed by atoms with Crippen LogP contribution in [0.5, 0.6) is 0 Å². The number of rotatable bonds is 3. The molecule has 1 aromatic rings. The lowest BCUT2D eigenvalue weighted by Crippen LogP contribution is -2.41. The van der Waals surface area contributed by atoms with Gasteiger partial charge >= 0.3 is 0 Å². The van der Waals surface area contributed by atoms with Gasteiger partial charge in [0.25, 0.3) is 0 Å². The molecule has 0 aromatic carbocycles. The van der Waals surface area contributed by atoms with Crippen molar-refractivity contribution in [3.05, 3.63) is 12.2 Å². The lowest BCUT2D eigenvalue weighted by atomic mass is 9.84. The van der Waals surface area contributed by atoms with Crippen molar-refractivity contribution in [3.63, 3.8) is 0 Å². The van der Waals surface area contributed by atoms with E-state index in [9.17, 15) is 4.79 Å². The Bertz CT molecular complexity index is 468. The predicted octanol–water partition coefficient (Wildman–Crippen LogP) is 0.649. The fraction of sp³-hybridized carbons (Fsp3) is 0.786. The van der Waals surface area contributed by atoms with Crippen LogP contribution in [0, 0.1) is 5.92 Å². The molecule has 1 aliphatic heterocycles. The molecule has 1 saturated heterocycles. The highest BCUT2D eigenvalue weighted by atomic mass is 16.2. The Hall–Kier alpha value is -1.43. The number of carbonyl (C=O) groups excluding carboxylic acids is 1. The van der Waals surface area contributed by atoms with Gasteiger partial charge in [-0.15, -0.1) is 0 Å². The van der Waals surface area contributed by atoms with Crippen LogP contribution in [0.4, 0.5) is 0 Å². The van der Waals surface area contributed by atoms with E-state index in [-0.39, 0.29) is 0 Å². The molecule has 0 bridgehead atoms. The SMILES string of the molecule is Cn1ncnc1CN1CCCN(C(=O)C2CCC2)CC1. The molecular weight excluding hydrogens is 254 g/mol. The first kappa shape index (κ1) is 13.5. The molecule has 0 radical (unpaired) electrons. The Balaban J connectivity index is 1.54. The smallest absolute Gasteiger partial charge is 0.225 e. The van der Waals surface area contributed by atoms with E-state index < -0.39 is 0 Å². The van der Waals surface area contributed by atoms with E-state index in [2.05, 4.69) is 19.9 Å². The Morgan fingerprint density at radius 1 is 1.25 bits per heavy atom. The maximum absolute atomic E-state index is 12.3. The van der Waals surface area contributed by atoms with E-state index >= 15 is 0 Å². The van der Waals surface area contributed by atoms with Gasteiger partial charge in [0.15, 0.2) is 0 Å². The minimum absolute atomic E-state index is 0.320. The van der Waals surface area contributed by atoms with Crippen LogP contribution >= 0.6 is 0 Å². The highest BCUT2D eigenvalue weighted by Gasteiger charge is 2.30. The number of hydrogen-bond acceptors (Lipinski definition) is 4. The van der Waals surface area contributed by atoms with Crippen LogP contribution in [0.3, 0.4) is 0 Å². The van der Waals surface area contributed by atoms with Crippen LogP contribution in [0.2, 0.25) is 0 Å². The van der Waals surface area contributed by atoms with Crippen LogP contribution < -0.4 is 0 Å². The summed E-state index contributed by atoms with van der Waals surface area (Å²) in [4.78, 5) is 21.0. The Labute approximate surface area is 119 Å². The molecule has 20 heavy (non-hydrogen) atoms. The number of amides is 1. The molecule has 3 rings (SSSR count). The van der Waals surface area contributed by atoms with Gasteiger partial charge in [0.1, 0.15) is 12.2 Å². The Morgan fingerprint density at radius 3 is 2.75 bits per heavy atom. The number of hydrogen-bond donors (Lipinski definition) is 0. The molecule has 6 nitrogen and oxygen atoms in total. The van der Waals surface area contributed by atoms with Crippen LogP contribution in [0.15, 0.2) is 6.33 Å². The van der Waals surface area contributed by atoms with E-state index in [1.165, 1.54) is 6.42 Å². The van der Waals surface area contributed by atoms with Crippen molar-refractivity contribution in [1.82, 2.24) is 24.6 Å². The van der Waals surface area contributed by atoms with Crippen molar-refractivity contribution in [2.24, 2.45) is 13.0 Å². The normalized spacial score (nSPS) is 21.6. The summed E-state index contributed by atoms with van der Waals surface area (Å²) < 4.78 is 1.82. The van der Waals surface area contributed by atoms with Gasteiger partial charge in [0.05, 0.1) is 6.54 Å². The highest BCUT2D eigenvalue weighted by Crippen LogP contribution is 2.28. The minimum atomic E-state index is 0.320. The number of aromatic nitrogens is 3. The average molecular weight is 277 g/mol. The van der Waals surface area contributed by atoms with E-state index in [1.54, 1.807) is 6.33 Å². The second kappa shape index (κ2) is 5.91. The quantitative estimate of drug-likeness (QED) is 0.814. The van der Waals surface area contributed by atoms with E-state index in [0.29, 0.717) is 11.8 Å². The van der Waals surface area contributed by atoms with Crippen molar-refractivity contribution >= 4 is 5.91 Å².